The molecule has 0 radical (unpaired) electrons. The SMILES string of the molecule is CC1(C)CC(S(=O)(=O)C(c2c(C(F)(F)F)n[nH]c2OCC(F)F)C(C)(C)C)=NO1. The molecule has 0 fully saturated rings. The number of oxime groups is 1. The predicted molar refractivity (Wildman–Crippen MR) is 93.4 cm³/mol. The smallest absolute Gasteiger partial charge is 0.435 e. The van der Waals surface area contributed by atoms with Crippen LogP contribution in [-0.4, -0.2) is 42.3 Å². The lowest BCUT2D eigenvalue weighted by Crippen LogP contribution is -2.34. The van der Waals surface area contributed by atoms with Gasteiger partial charge in [0.25, 0.3) is 6.43 Å². The Balaban J connectivity index is 2.69. The van der Waals surface area contributed by atoms with E-state index in [1.807, 2.05) is 5.10 Å². The summed E-state index contributed by atoms with van der Waals surface area (Å²) < 4.78 is 97.2. The molecule has 1 aliphatic rings. The zero-order chi connectivity index (χ0) is 22.4. The second-order valence-electron chi connectivity index (χ2n) is 8.32. The van der Waals surface area contributed by atoms with Gasteiger partial charge < -0.3 is 9.57 Å². The lowest BCUT2D eigenvalue weighted by Gasteiger charge is -2.31. The van der Waals surface area contributed by atoms with E-state index in [0.717, 1.165) is 0 Å². The van der Waals surface area contributed by atoms with Gasteiger partial charge in [-0.1, -0.05) is 25.9 Å². The van der Waals surface area contributed by atoms with Crippen LogP contribution >= 0.6 is 0 Å². The van der Waals surface area contributed by atoms with Crippen LogP contribution in [0, 0.1) is 5.41 Å². The summed E-state index contributed by atoms with van der Waals surface area (Å²) in [6.07, 6.45) is -8.20. The minimum atomic E-state index is -5.05. The van der Waals surface area contributed by atoms with E-state index in [0.29, 0.717) is 0 Å². The lowest BCUT2D eigenvalue weighted by molar-refractivity contribution is -0.142. The van der Waals surface area contributed by atoms with Crippen LogP contribution in [0.3, 0.4) is 0 Å². The summed E-state index contributed by atoms with van der Waals surface area (Å²) in [6.45, 7) is 6.12. The summed E-state index contributed by atoms with van der Waals surface area (Å²) in [7, 11) is -4.50. The second kappa shape index (κ2) is 7.40. The molecule has 1 aliphatic heterocycles. The van der Waals surface area contributed by atoms with E-state index in [9.17, 15) is 30.4 Å². The molecule has 2 heterocycles. The van der Waals surface area contributed by atoms with Crippen molar-refractivity contribution < 1.29 is 39.9 Å². The number of nitrogens with one attached hydrogen (secondary N) is 1. The Labute approximate surface area is 164 Å². The van der Waals surface area contributed by atoms with Gasteiger partial charge in [0.2, 0.25) is 15.7 Å². The molecule has 1 aromatic heterocycles. The van der Waals surface area contributed by atoms with Gasteiger partial charge in [0.1, 0.15) is 10.9 Å². The number of H-pyrrole nitrogens is 1. The maximum absolute atomic E-state index is 13.6. The molecule has 0 saturated carbocycles. The maximum Gasteiger partial charge on any atom is 0.435 e. The Morgan fingerprint density at radius 2 is 1.83 bits per heavy atom. The van der Waals surface area contributed by atoms with Crippen LogP contribution in [-0.2, 0) is 20.9 Å². The fraction of sp³-hybridized carbons (Fsp3) is 0.750. The Kier molecular flexibility index (Phi) is 5.96. The van der Waals surface area contributed by atoms with E-state index in [-0.39, 0.29) is 6.42 Å². The summed E-state index contributed by atoms with van der Waals surface area (Å²) >= 11 is 0. The molecule has 1 N–H and O–H groups in total. The highest BCUT2D eigenvalue weighted by Gasteiger charge is 2.51. The molecule has 7 nitrogen and oxygen atoms in total. The molecule has 0 bridgehead atoms. The summed E-state index contributed by atoms with van der Waals surface area (Å²) in [5.74, 6) is -0.778. The maximum atomic E-state index is 13.6. The van der Waals surface area contributed by atoms with Crippen molar-refractivity contribution in [3.8, 4) is 5.88 Å². The van der Waals surface area contributed by atoms with Crippen LogP contribution in [0.4, 0.5) is 22.0 Å². The van der Waals surface area contributed by atoms with Crippen molar-refractivity contribution in [2.45, 2.75) is 64.5 Å². The first-order chi connectivity index (χ1) is 13.0. The highest BCUT2D eigenvalue weighted by atomic mass is 32.2. The number of rotatable bonds is 5. The molecule has 29 heavy (non-hydrogen) atoms. The van der Waals surface area contributed by atoms with E-state index in [2.05, 4.69) is 10.3 Å². The Hall–Kier alpha value is -1.92. The third-order valence-electron chi connectivity index (χ3n) is 4.05. The van der Waals surface area contributed by atoms with Crippen molar-refractivity contribution >= 4 is 14.9 Å². The molecule has 0 aromatic carbocycles. The van der Waals surface area contributed by atoms with E-state index in [1.165, 1.54) is 20.8 Å². The van der Waals surface area contributed by atoms with Crippen molar-refractivity contribution in [3.63, 3.8) is 0 Å². The van der Waals surface area contributed by atoms with Crippen LogP contribution in [0.2, 0.25) is 0 Å². The number of ether oxygens (including phenoxy) is 1. The molecule has 13 heteroatoms. The molecule has 1 aromatic rings. The minimum Gasteiger partial charge on any atom is -0.472 e. The third kappa shape index (κ3) is 4.98. The molecular weight excluding hydrogens is 425 g/mol. The van der Waals surface area contributed by atoms with Gasteiger partial charge in [0, 0.05) is 6.42 Å². The largest absolute Gasteiger partial charge is 0.472 e. The fourth-order valence-electron chi connectivity index (χ4n) is 3.00. The van der Waals surface area contributed by atoms with Crippen LogP contribution in [0.25, 0.3) is 0 Å². The van der Waals surface area contributed by atoms with E-state index in [1.54, 1.807) is 13.8 Å². The number of halogens is 5. The molecular formula is C16H22F5N3O4S. The van der Waals surface area contributed by atoms with E-state index in [4.69, 9.17) is 9.57 Å². The van der Waals surface area contributed by atoms with Gasteiger partial charge in [0.15, 0.2) is 17.3 Å². The first-order valence-electron chi connectivity index (χ1n) is 8.52. The van der Waals surface area contributed by atoms with Gasteiger partial charge >= 0.3 is 6.18 Å². The quantitative estimate of drug-likeness (QED) is 0.687. The van der Waals surface area contributed by atoms with Gasteiger partial charge in [-0.3, -0.25) is 0 Å². The summed E-state index contributed by atoms with van der Waals surface area (Å²) in [4.78, 5) is 5.06. The number of aromatic nitrogens is 2. The lowest BCUT2D eigenvalue weighted by atomic mass is 9.87. The van der Waals surface area contributed by atoms with Crippen molar-refractivity contribution in [1.29, 1.82) is 0 Å². The zero-order valence-electron chi connectivity index (χ0n) is 16.4. The van der Waals surface area contributed by atoms with Crippen LogP contribution in [0.5, 0.6) is 5.88 Å². The average Bonchev–Trinajstić information content (AvgIpc) is 3.07. The minimum absolute atomic E-state index is 0.158. The standard InChI is InChI=1S/C16H22F5N3O4S/c1-14(2,3)12(29(25,26)9-6-15(4,5)28-24-9)10-11(16(19,20)21)22-23-13(10)27-7-8(17)18/h8,12H,6-7H2,1-5H3,(H,22,23). The van der Waals surface area contributed by atoms with Gasteiger partial charge in [-0.15, -0.1) is 0 Å². The molecule has 0 aliphatic carbocycles. The molecule has 166 valence electrons. The first-order valence-corrected chi connectivity index (χ1v) is 10.1. The van der Waals surface area contributed by atoms with Gasteiger partial charge in [0.05, 0.1) is 5.56 Å². The van der Waals surface area contributed by atoms with Crippen molar-refractivity contribution in [1.82, 2.24) is 10.2 Å². The first kappa shape index (κ1) is 23.4. The summed E-state index contributed by atoms with van der Waals surface area (Å²) in [6, 6.07) is 0. The third-order valence-corrected chi connectivity index (χ3v) is 6.49. The number of nitrogens with zero attached hydrogens (tertiary/aromatic N) is 2. The normalized spacial score (nSPS) is 18.5. The molecule has 0 amide bonds. The Morgan fingerprint density at radius 1 is 1.24 bits per heavy atom. The van der Waals surface area contributed by atoms with Gasteiger partial charge in [-0.05, 0) is 19.3 Å². The van der Waals surface area contributed by atoms with Gasteiger partial charge in [-0.25, -0.2) is 22.3 Å². The second-order valence-corrected chi connectivity index (χ2v) is 10.4. The van der Waals surface area contributed by atoms with Crippen LogP contribution < -0.4 is 4.74 Å². The van der Waals surface area contributed by atoms with Crippen LogP contribution in [0.1, 0.15) is 57.5 Å². The van der Waals surface area contributed by atoms with E-state index < -0.39 is 67.5 Å². The fourth-order valence-corrected chi connectivity index (χ4v) is 5.42. The number of hydrogen-bond donors (Lipinski definition) is 1. The van der Waals surface area contributed by atoms with Crippen molar-refractivity contribution in [2.75, 3.05) is 6.61 Å². The summed E-state index contributed by atoms with van der Waals surface area (Å²) in [5, 5.41) is 6.30. The highest BCUT2D eigenvalue weighted by Crippen LogP contribution is 2.49. The molecule has 0 spiro atoms. The van der Waals surface area contributed by atoms with E-state index >= 15 is 0 Å². The Morgan fingerprint density at radius 3 is 2.24 bits per heavy atom. The monoisotopic (exact) mass is 447 g/mol. The van der Waals surface area contributed by atoms with Crippen LogP contribution in [0.15, 0.2) is 5.16 Å². The van der Waals surface area contributed by atoms with Crippen molar-refractivity contribution in [3.05, 3.63) is 11.3 Å². The highest BCUT2D eigenvalue weighted by molar-refractivity contribution is 8.06. The molecule has 2 rings (SSSR count). The topological polar surface area (TPSA) is 93.6 Å². The molecule has 1 atom stereocenters. The number of hydrogen-bond acceptors (Lipinski definition) is 6. The molecule has 1 unspecified atom stereocenters. The summed E-state index contributed by atoms with van der Waals surface area (Å²) in [5.41, 5.74) is -4.67. The number of alkyl halides is 5. The molecule has 0 saturated heterocycles. The number of aromatic amines is 1. The zero-order valence-corrected chi connectivity index (χ0v) is 17.2. The number of sulfone groups is 1. The van der Waals surface area contributed by atoms with Gasteiger partial charge in [-0.2, -0.15) is 18.3 Å². The Bertz CT molecular complexity index is 885. The average molecular weight is 447 g/mol. The predicted octanol–water partition coefficient (Wildman–Crippen LogP) is 4.09. The van der Waals surface area contributed by atoms with Crippen molar-refractivity contribution in [2.24, 2.45) is 10.6 Å².